The molecule has 0 aliphatic heterocycles. The maximum Gasteiger partial charge on any atom is 0.262 e. The molecule has 1 radical (unpaired) electrons. The molecule has 0 heterocycles. The molecule has 0 aliphatic carbocycles. The highest BCUT2D eigenvalue weighted by Crippen LogP contribution is 1.92. The van der Waals surface area contributed by atoms with Crippen molar-refractivity contribution in [1.29, 1.82) is 0 Å². The maximum absolute atomic E-state index is 10.1. The van der Waals surface area contributed by atoms with Crippen LogP contribution in [0.5, 0.6) is 0 Å². The highest BCUT2D eigenvalue weighted by molar-refractivity contribution is 5.86. The molecule has 0 atom stereocenters. The maximum atomic E-state index is 10.1. The van der Waals surface area contributed by atoms with E-state index in [9.17, 15) is 4.79 Å². The number of amides is 1. The highest BCUT2D eigenvalue weighted by atomic mass is 16.1. The second-order valence-corrected chi connectivity index (χ2v) is 1.75. The first-order valence-electron chi connectivity index (χ1n) is 2.73. The molecular formula is C7H10NO. The molecule has 0 rings (SSSR count). The Labute approximate surface area is 55.1 Å². The van der Waals surface area contributed by atoms with Crippen LogP contribution in [0.15, 0.2) is 23.8 Å². The molecule has 0 aromatic carbocycles. The third-order valence-electron chi connectivity index (χ3n) is 0.788. The lowest BCUT2D eigenvalue weighted by Crippen LogP contribution is -1.90. The fourth-order valence-corrected chi connectivity index (χ4v) is 0.518. The molecule has 1 amide bonds. The van der Waals surface area contributed by atoms with E-state index >= 15 is 0 Å². The van der Waals surface area contributed by atoms with Crippen LogP contribution in [0.4, 0.5) is 0 Å². The summed E-state index contributed by atoms with van der Waals surface area (Å²) in [4.78, 5) is 10.1. The van der Waals surface area contributed by atoms with Crippen molar-refractivity contribution < 1.29 is 4.79 Å². The topological polar surface area (TPSA) is 40.9 Å². The van der Waals surface area contributed by atoms with Crippen molar-refractivity contribution in [2.75, 3.05) is 0 Å². The molecule has 0 saturated carbocycles. The average Bonchev–Trinajstić information content (AvgIpc) is 1.63. The molecule has 2 heteroatoms. The summed E-state index contributed by atoms with van der Waals surface area (Å²) in [6.45, 7) is 3.65. The van der Waals surface area contributed by atoms with Crippen LogP contribution < -0.4 is 5.73 Å². The van der Waals surface area contributed by atoms with Crippen LogP contribution in [0.25, 0.3) is 0 Å². The molecule has 0 bridgehead atoms. The fraction of sp³-hybridized carbons (Fsp3) is 0.286. The molecule has 9 heavy (non-hydrogen) atoms. The normalized spacial score (nSPS) is 12.4. The quantitative estimate of drug-likeness (QED) is 0.404. The number of nitrogens with one attached hydrogen (secondary N) is 1. The van der Waals surface area contributed by atoms with E-state index < -0.39 is 5.91 Å². The van der Waals surface area contributed by atoms with E-state index in [0.717, 1.165) is 5.57 Å². The zero-order valence-electron chi connectivity index (χ0n) is 5.64. The van der Waals surface area contributed by atoms with Gasteiger partial charge in [0.2, 0.25) is 0 Å². The second kappa shape index (κ2) is 3.89. The molecule has 0 fully saturated rings. The molecule has 2 nitrogen and oxygen atoms in total. The van der Waals surface area contributed by atoms with Crippen molar-refractivity contribution >= 4 is 5.91 Å². The second-order valence-electron chi connectivity index (χ2n) is 1.75. The third-order valence-corrected chi connectivity index (χ3v) is 0.788. The first-order valence-corrected chi connectivity index (χ1v) is 2.73. The molecule has 1 N–H and O–H groups in total. The Balaban J connectivity index is 4.00. The number of hydrogen-bond donors (Lipinski definition) is 0. The Morgan fingerprint density at radius 3 is 2.44 bits per heavy atom. The van der Waals surface area contributed by atoms with Gasteiger partial charge in [-0.15, -0.1) is 0 Å². The van der Waals surface area contributed by atoms with Gasteiger partial charge in [0.05, 0.1) is 0 Å². The van der Waals surface area contributed by atoms with Gasteiger partial charge in [-0.1, -0.05) is 12.2 Å². The monoisotopic (exact) mass is 124 g/mol. The number of rotatable bonds is 2. The van der Waals surface area contributed by atoms with E-state index in [2.05, 4.69) is 0 Å². The molecule has 0 spiro atoms. The van der Waals surface area contributed by atoms with Gasteiger partial charge in [0, 0.05) is 6.08 Å². The van der Waals surface area contributed by atoms with Gasteiger partial charge in [0.1, 0.15) is 0 Å². The standard InChI is InChI=1S/C7H10NO/c1-3-4-6(2)5-7(8)9/h3-5,8H,1-2H3/b4-3+,6-5+. The molecule has 0 saturated heterocycles. The van der Waals surface area contributed by atoms with Gasteiger partial charge in [-0.25, -0.2) is 0 Å². The van der Waals surface area contributed by atoms with Crippen molar-refractivity contribution in [2.45, 2.75) is 13.8 Å². The first kappa shape index (κ1) is 7.95. The number of carbonyl (C=O) groups excluding carboxylic acids is 1. The minimum absolute atomic E-state index is 0.648. The van der Waals surface area contributed by atoms with E-state index in [1.165, 1.54) is 6.08 Å². The summed E-state index contributed by atoms with van der Waals surface area (Å²) in [6.07, 6.45) is 4.89. The fourth-order valence-electron chi connectivity index (χ4n) is 0.518. The third kappa shape index (κ3) is 4.81. The zero-order valence-corrected chi connectivity index (χ0v) is 5.64. The van der Waals surface area contributed by atoms with Crippen molar-refractivity contribution in [3.05, 3.63) is 23.8 Å². The Kier molecular flexibility index (Phi) is 3.44. The van der Waals surface area contributed by atoms with Gasteiger partial charge >= 0.3 is 0 Å². The summed E-state index contributed by atoms with van der Waals surface area (Å²) in [7, 11) is 0. The minimum Gasteiger partial charge on any atom is -0.268 e. The average molecular weight is 124 g/mol. The highest BCUT2D eigenvalue weighted by Gasteiger charge is 1.85. The van der Waals surface area contributed by atoms with E-state index in [0.29, 0.717) is 0 Å². The van der Waals surface area contributed by atoms with Gasteiger partial charge in [-0.2, -0.15) is 0 Å². The first-order chi connectivity index (χ1) is 4.16. The predicted octanol–water partition coefficient (Wildman–Crippen LogP) is 1.32. The molecular weight excluding hydrogens is 114 g/mol. The van der Waals surface area contributed by atoms with Gasteiger partial charge < -0.3 is 0 Å². The van der Waals surface area contributed by atoms with E-state index in [4.69, 9.17) is 5.73 Å². The van der Waals surface area contributed by atoms with Gasteiger partial charge in [0.15, 0.2) is 0 Å². The van der Waals surface area contributed by atoms with Crippen LogP contribution in [-0.2, 0) is 4.79 Å². The lowest BCUT2D eigenvalue weighted by atomic mass is 10.2. The summed E-state index contributed by atoms with van der Waals surface area (Å²) in [6, 6.07) is 0. The predicted molar refractivity (Wildman–Crippen MR) is 36.7 cm³/mol. The van der Waals surface area contributed by atoms with Crippen molar-refractivity contribution in [3.63, 3.8) is 0 Å². The van der Waals surface area contributed by atoms with Gasteiger partial charge in [0.25, 0.3) is 5.91 Å². The van der Waals surface area contributed by atoms with Crippen LogP contribution in [0, 0.1) is 0 Å². The Morgan fingerprint density at radius 2 is 2.11 bits per heavy atom. The summed E-state index contributed by atoms with van der Waals surface area (Å²) in [5.74, 6) is -0.648. The lowest BCUT2D eigenvalue weighted by Gasteiger charge is -1.84. The largest absolute Gasteiger partial charge is 0.268 e. The van der Waals surface area contributed by atoms with Crippen molar-refractivity contribution in [3.8, 4) is 0 Å². The van der Waals surface area contributed by atoms with E-state index in [1.807, 2.05) is 13.0 Å². The van der Waals surface area contributed by atoms with Crippen LogP contribution in [0.3, 0.4) is 0 Å². The summed E-state index contributed by atoms with van der Waals surface area (Å²) < 4.78 is 0. The molecule has 49 valence electrons. The molecule has 0 unspecified atom stereocenters. The van der Waals surface area contributed by atoms with E-state index in [-0.39, 0.29) is 0 Å². The van der Waals surface area contributed by atoms with Crippen LogP contribution in [0.2, 0.25) is 0 Å². The summed E-state index contributed by atoms with van der Waals surface area (Å²) in [5, 5.41) is 0. The van der Waals surface area contributed by atoms with Gasteiger partial charge in [-0.05, 0) is 19.4 Å². The number of carbonyl (C=O) groups is 1. The molecule has 0 aromatic heterocycles. The smallest absolute Gasteiger partial charge is 0.262 e. The van der Waals surface area contributed by atoms with Crippen LogP contribution in [0.1, 0.15) is 13.8 Å². The summed E-state index contributed by atoms with van der Waals surface area (Å²) in [5.41, 5.74) is 7.35. The minimum atomic E-state index is -0.648. The Hall–Kier alpha value is -1.05. The summed E-state index contributed by atoms with van der Waals surface area (Å²) >= 11 is 0. The molecule has 0 aromatic rings. The van der Waals surface area contributed by atoms with Crippen LogP contribution >= 0.6 is 0 Å². The Bertz CT molecular complexity index is 156. The lowest BCUT2D eigenvalue weighted by molar-refractivity contribution is -0.114. The van der Waals surface area contributed by atoms with Crippen LogP contribution in [-0.4, -0.2) is 5.91 Å². The number of allylic oxidation sites excluding steroid dienone is 3. The zero-order chi connectivity index (χ0) is 7.28. The van der Waals surface area contributed by atoms with Crippen molar-refractivity contribution in [2.24, 2.45) is 0 Å². The SMILES string of the molecule is C/C=C/C(C)=C/C([NH])=O. The van der Waals surface area contributed by atoms with Gasteiger partial charge in [-0.3, -0.25) is 10.5 Å². The van der Waals surface area contributed by atoms with E-state index in [1.54, 1.807) is 13.0 Å². The number of hydrogen-bond acceptors (Lipinski definition) is 1. The van der Waals surface area contributed by atoms with Crippen molar-refractivity contribution in [1.82, 2.24) is 5.73 Å². The molecule has 0 aliphatic rings. The Morgan fingerprint density at radius 1 is 1.56 bits per heavy atom.